The highest BCUT2D eigenvalue weighted by Crippen LogP contribution is 2.32. The number of halogens is 1. The Morgan fingerprint density at radius 1 is 1.77 bits per heavy atom. The van der Waals surface area contributed by atoms with Crippen molar-refractivity contribution in [3.63, 3.8) is 0 Å². The molecule has 0 aliphatic rings. The van der Waals surface area contributed by atoms with Gasteiger partial charge in [0.1, 0.15) is 0 Å². The summed E-state index contributed by atoms with van der Waals surface area (Å²) in [6, 6.07) is 0. The van der Waals surface area contributed by atoms with Crippen molar-refractivity contribution >= 4 is 28.9 Å². The zero-order valence-corrected chi connectivity index (χ0v) is 8.95. The summed E-state index contributed by atoms with van der Waals surface area (Å²) in [5, 5.41) is 8.67. The van der Waals surface area contributed by atoms with Crippen LogP contribution in [0.25, 0.3) is 0 Å². The number of thiazole rings is 1. The van der Waals surface area contributed by atoms with E-state index >= 15 is 0 Å². The van der Waals surface area contributed by atoms with Gasteiger partial charge in [-0.05, 0) is 0 Å². The Morgan fingerprint density at radius 3 is 2.77 bits per heavy atom. The summed E-state index contributed by atoms with van der Waals surface area (Å²) in [7, 11) is 0. The number of hydrogen-bond acceptors (Lipinski definition) is 3. The quantitative estimate of drug-likeness (QED) is 0.850. The van der Waals surface area contributed by atoms with E-state index in [0.29, 0.717) is 4.47 Å². The van der Waals surface area contributed by atoms with Gasteiger partial charge in [0, 0.05) is 16.5 Å². The molecular formula is C8H10ClNO2S. The fourth-order valence-electron chi connectivity index (χ4n) is 1.03. The van der Waals surface area contributed by atoms with Gasteiger partial charge in [-0.15, -0.1) is 11.3 Å². The minimum absolute atomic E-state index is 0.0888. The molecule has 0 aromatic carbocycles. The lowest BCUT2D eigenvalue weighted by Gasteiger charge is -2.19. The molecule has 1 heterocycles. The molecule has 5 heteroatoms. The number of rotatable bonds is 3. The largest absolute Gasteiger partial charge is 0.481 e. The molecule has 1 N–H and O–H groups in total. The Hall–Kier alpha value is -0.610. The van der Waals surface area contributed by atoms with Crippen molar-refractivity contribution < 1.29 is 9.90 Å². The third-order valence-electron chi connectivity index (χ3n) is 1.74. The summed E-state index contributed by atoms with van der Waals surface area (Å²) in [4.78, 5) is 15.3. The fourth-order valence-corrected chi connectivity index (χ4v) is 2.07. The molecular weight excluding hydrogens is 210 g/mol. The minimum atomic E-state index is -0.811. The first-order valence-electron chi connectivity index (χ1n) is 3.75. The zero-order valence-electron chi connectivity index (χ0n) is 7.37. The topological polar surface area (TPSA) is 50.2 Å². The summed E-state index contributed by atoms with van der Waals surface area (Å²) >= 11 is 6.99. The van der Waals surface area contributed by atoms with Crippen LogP contribution in [0.1, 0.15) is 25.1 Å². The molecule has 0 atom stereocenters. The Bertz CT molecular complexity index is 322. The van der Waals surface area contributed by atoms with Crippen LogP contribution in [0, 0.1) is 0 Å². The molecule has 0 aliphatic heterocycles. The van der Waals surface area contributed by atoms with Crippen molar-refractivity contribution in [2.45, 2.75) is 25.7 Å². The number of aromatic nitrogens is 1. The Labute approximate surface area is 85.4 Å². The summed E-state index contributed by atoms with van der Waals surface area (Å²) in [5.41, 5.74) is -0.392. The van der Waals surface area contributed by atoms with Gasteiger partial charge in [-0.2, -0.15) is 0 Å². The van der Waals surface area contributed by atoms with E-state index in [0.717, 1.165) is 4.88 Å². The molecule has 0 radical (unpaired) electrons. The molecule has 0 amide bonds. The highest BCUT2D eigenvalue weighted by Gasteiger charge is 2.26. The normalized spacial score (nSPS) is 11.6. The molecule has 0 fully saturated rings. The van der Waals surface area contributed by atoms with Gasteiger partial charge in [-0.25, -0.2) is 4.98 Å². The van der Waals surface area contributed by atoms with Crippen LogP contribution in [0.5, 0.6) is 0 Å². The van der Waals surface area contributed by atoms with E-state index in [9.17, 15) is 4.79 Å². The van der Waals surface area contributed by atoms with Crippen LogP contribution in [0.3, 0.4) is 0 Å². The second-order valence-electron chi connectivity index (χ2n) is 3.43. The third kappa shape index (κ3) is 2.67. The minimum Gasteiger partial charge on any atom is -0.481 e. The maximum absolute atomic E-state index is 10.5. The van der Waals surface area contributed by atoms with Gasteiger partial charge in [0.2, 0.25) is 0 Å². The van der Waals surface area contributed by atoms with E-state index in [1.54, 1.807) is 6.20 Å². The molecule has 72 valence electrons. The molecule has 0 bridgehead atoms. The van der Waals surface area contributed by atoms with Crippen LogP contribution < -0.4 is 0 Å². The van der Waals surface area contributed by atoms with Gasteiger partial charge in [-0.3, -0.25) is 4.79 Å². The van der Waals surface area contributed by atoms with Crippen LogP contribution in [0.4, 0.5) is 0 Å². The van der Waals surface area contributed by atoms with E-state index in [-0.39, 0.29) is 6.42 Å². The zero-order chi connectivity index (χ0) is 10.1. The van der Waals surface area contributed by atoms with Crippen molar-refractivity contribution in [2.24, 2.45) is 0 Å². The Morgan fingerprint density at radius 2 is 2.38 bits per heavy atom. The second-order valence-corrected chi connectivity index (χ2v) is 5.04. The van der Waals surface area contributed by atoms with Crippen LogP contribution in [-0.4, -0.2) is 16.1 Å². The van der Waals surface area contributed by atoms with E-state index in [1.165, 1.54) is 11.3 Å². The molecule has 1 aromatic rings. The number of aliphatic carboxylic acids is 1. The van der Waals surface area contributed by atoms with Crippen molar-refractivity contribution in [2.75, 3.05) is 0 Å². The van der Waals surface area contributed by atoms with Gasteiger partial charge in [-0.1, -0.05) is 25.4 Å². The van der Waals surface area contributed by atoms with Crippen molar-refractivity contribution in [3.8, 4) is 0 Å². The molecule has 3 nitrogen and oxygen atoms in total. The summed E-state index contributed by atoms with van der Waals surface area (Å²) < 4.78 is 0.452. The smallest absolute Gasteiger partial charge is 0.304 e. The van der Waals surface area contributed by atoms with Crippen molar-refractivity contribution in [1.29, 1.82) is 0 Å². The third-order valence-corrected chi connectivity index (χ3v) is 3.22. The van der Waals surface area contributed by atoms with Crippen LogP contribution >= 0.6 is 22.9 Å². The molecule has 0 saturated heterocycles. The average Bonchev–Trinajstić information content (AvgIpc) is 2.32. The first kappa shape index (κ1) is 10.5. The summed E-state index contributed by atoms with van der Waals surface area (Å²) in [6.07, 6.45) is 1.72. The molecule has 1 rings (SSSR count). The number of hydrogen-bond donors (Lipinski definition) is 1. The molecule has 0 unspecified atom stereocenters. The lowest BCUT2D eigenvalue weighted by molar-refractivity contribution is -0.138. The first-order valence-corrected chi connectivity index (χ1v) is 4.95. The Kier molecular flexibility index (Phi) is 2.93. The Balaban J connectivity index is 2.86. The van der Waals surface area contributed by atoms with Gasteiger partial charge < -0.3 is 5.11 Å². The molecule has 0 spiro atoms. The number of carboxylic acid groups (broad SMARTS) is 1. The lowest BCUT2D eigenvalue weighted by atomic mass is 9.88. The second kappa shape index (κ2) is 3.64. The van der Waals surface area contributed by atoms with E-state index in [1.807, 2.05) is 13.8 Å². The number of nitrogens with zero attached hydrogens (tertiary/aromatic N) is 1. The molecule has 13 heavy (non-hydrogen) atoms. The van der Waals surface area contributed by atoms with Crippen molar-refractivity contribution in [3.05, 3.63) is 15.5 Å². The van der Waals surface area contributed by atoms with Gasteiger partial charge in [0.25, 0.3) is 0 Å². The predicted molar refractivity (Wildman–Crippen MR) is 52.4 cm³/mol. The summed E-state index contributed by atoms with van der Waals surface area (Å²) in [5.74, 6) is -0.811. The van der Waals surface area contributed by atoms with Gasteiger partial charge in [0.05, 0.1) is 6.42 Å². The van der Waals surface area contributed by atoms with Gasteiger partial charge >= 0.3 is 5.97 Å². The van der Waals surface area contributed by atoms with Gasteiger partial charge in [0.15, 0.2) is 4.47 Å². The monoisotopic (exact) mass is 219 g/mol. The maximum atomic E-state index is 10.5. The predicted octanol–water partition coefficient (Wildman–Crippen LogP) is 2.55. The first-order chi connectivity index (χ1) is 5.92. The van der Waals surface area contributed by atoms with Crippen LogP contribution in [0.2, 0.25) is 4.47 Å². The lowest BCUT2D eigenvalue weighted by Crippen LogP contribution is -2.20. The molecule has 1 aromatic heterocycles. The maximum Gasteiger partial charge on any atom is 0.304 e. The average molecular weight is 220 g/mol. The van der Waals surface area contributed by atoms with Crippen LogP contribution in [0.15, 0.2) is 6.20 Å². The van der Waals surface area contributed by atoms with E-state index in [4.69, 9.17) is 16.7 Å². The standard InChI is InChI=1S/C8H10ClNO2S/c1-8(2,3-6(11)12)5-4-10-7(9)13-5/h4H,3H2,1-2H3,(H,11,12). The highest BCUT2D eigenvalue weighted by atomic mass is 35.5. The highest BCUT2D eigenvalue weighted by molar-refractivity contribution is 7.15. The van der Waals surface area contributed by atoms with Crippen molar-refractivity contribution in [1.82, 2.24) is 4.98 Å². The number of carbonyl (C=O) groups is 1. The van der Waals surface area contributed by atoms with E-state index < -0.39 is 11.4 Å². The molecule has 0 saturated carbocycles. The number of carboxylic acids is 1. The van der Waals surface area contributed by atoms with Crippen LogP contribution in [-0.2, 0) is 10.2 Å². The molecule has 0 aliphatic carbocycles. The summed E-state index contributed by atoms with van der Waals surface area (Å²) in [6.45, 7) is 3.73. The fraction of sp³-hybridized carbons (Fsp3) is 0.500. The SMILES string of the molecule is CC(C)(CC(=O)O)c1cnc(Cl)s1. The van der Waals surface area contributed by atoms with E-state index in [2.05, 4.69) is 4.98 Å².